The Labute approximate surface area is 101 Å². The molecule has 3 nitrogen and oxygen atoms in total. The predicted octanol–water partition coefficient (Wildman–Crippen LogP) is 2.60. The Morgan fingerprint density at radius 3 is 2.65 bits per heavy atom. The molecule has 90 valence electrons. The molecule has 17 heavy (non-hydrogen) atoms. The number of carboxylic acid groups (broad SMARTS) is 1. The average molecular weight is 231 g/mol. The number of rotatable bonds is 3. The first kappa shape index (κ1) is 11.9. The first-order valence-corrected chi connectivity index (χ1v) is 5.70. The molecular weight excluding hydrogens is 214 g/mol. The van der Waals surface area contributed by atoms with E-state index in [1.807, 2.05) is 31.2 Å². The number of fused-ring (bicyclic) bond motifs is 1. The van der Waals surface area contributed by atoms with Crippen molar-refractivity contribution >= 4 is 12.0 Å². The van der Waals surface area contributed by atoms with E-state index in [9.17, 15) is 4.79 Å². The number of nitrogens with one attached hydrogen (secondary N) is 1. The van der Waals surface area contributed by atoms with E-state index in [-0.39, 0.29) is 6.04 Å². The lowest BCUT2D eigenvalue weighted by atomic mass is 9.98. The number of carbonyl (C=O) groups is 1. The van der Waals surface area contributed by atoms with Crippen LogP contribution in [0.1, 0.15) is 37.9 Å². The molecule has 1 aromatic rings. The maximum Gasteiger partial charge on any atom is 0.323 e. The Kier molecular flexibility index (Phi) is 2.79. The predicted molar refractivity (Wildman–Crippen MR) is 67.7 cm³/mol. The lowest BCUT2D eigenvalue weighted by Crippen LogP contribution is -2.48. The zero-order valence-corrected chi connectivity index (χ0v) is 10.3. The Morgan fingerprint density at radius 1 is 1.35 bits per heavy atom. The van der Waals surface area contributed by atoms with Crippen LogP contribution in [0.4, 0.5) is 0 Å². The Hall–Kier alpha value is -1.61. The molecule has 1 aromatic carbocycles. The lowest BCUT2D eigenvalue weighted by molar-refractivity contribution is -0.143. The van der Waals surface area contributed by atoms with Gasteiger partial charge in [-0.3, -0.25) is 10.1 Å². The monoisotopic (exact) mass is 231 g/mol. The molecular formula is C14H17NO2. The van der Waals surface area contributed by atoms with Gasteiger partial charge >= 0.3 is 5.97 Å². The molecule has 2 N–H and O–H groups in total. The quantitative estimate of drug-likeness (QED) is 0.840. The molecule has 0 heterocycles. The third-order valence-electron chi connectivity index (χ3n) is 3.19. The van der Waals surface area contributed by atoms with E-state index in [0.717, 1.165) is 11.1 Å². The van der Waals surface area contributed by atoms with Crippen LogP contribution >= 0.6 is 0 Å². The highest BCUT2D eigenvalue weighted by Gasteiger charge is 2.33. The summed E-state index contributed by atoms with van der Waals surface area (Å²) in [5, 5.41) is 12.3. The number of hydrogen-bond acceptors (Lipinski definition) is 2. The van der Waals surface area contributed by atoms with E-state index in [4.69, 9.17) is 5.11 Å². The Balaban J connectivity index is 2.30. The number of carboxylic acids is 1. The van der Waals surface area contributed by atoms with Crippen molar-refractivity contribution in [2.45, 2.75) is 32.4 Å². The maximum absolute atomic E-state index is 11.1. The summed E-state index contributed by atoms with van der Waals surface area (Å²) >= 11 is 0. The minimum absolute atomic E-state index is 0.00250. The van der Waals surface area contributed by atoms with Crippen molar-refractivity contribution in [2.24, 2.45) is 0 Å². The number of aliphatic carboxylic acids is 1. The molecule has 0 aromatic heterocycles. The maximum atomic E-state index is 11.1. The van der Waals surface area contributed by atoms with Gasteiger partial charge in [0.05, 0.1) is 6.04 Å². The van der Waals surface area contributed by atoms with Gasteiger partial charge in [-0.1, -0.05) is 35.9 Å². The lowest BCUT2D eigenvalue weighted by Gasteiger charge is -2.27. The normalized spacial score (nSPS) is 18.8. The van der Waals surface area contributed by atoms with Crippen molar-refractivity contribution in [3.05, 3.63) is 41.0 Å². The van der Waals surface area contributed by atoms with Crippen LogP contribution in [0.3, 0.4) is 0 Å². The van der Waals surface area contributed by atoms with Crippen molar-refractivity contribution in [3.63, 3.8) is 0 Å². The summed E-state index contributed by atoms with van der Waals surface area (Å²) in [6, 6.07) is 8.06. The van der Waals surface area contributed by atoms with Gasteiger partial charge in [0.2, 0.25) is 0 Å². The highest BCUT2D eigenvalue weighted by Crippen LogP contribution is 2.35. The van der Waals surface area contributed by atoms with Gasteiger partial charge in [0.1, 0.15) is 5.54 Å². The minimum atomic E-state index is -0.933. The second-order valence-corrected chi connectivity index (χ2v) is 5.02. The van der Waals surface area contributed by atoms with E-state index < -0.39 is 11.5 Å². The van der Waals surface area contributed by atoms with E-state index in [0.29, 0.717) is 0 Å². The molecule has 3 heteroatoms. The smallest absolute Gasteiger partial charge is 0.323 e. The molecule has 1 aliphatic carbocycles. The van der Waals surface area contributed by atoms with Gasteiger partial charge in [-0.2, -0.15) is 0 Å². The zero-order chi connectivity index (χ0) is 12.6. The van der Waals surface area contributed by atoms with Crippen molar-refractivity contribution in [1.29, 1.82) is 0 Å². The molecule has 0 unspecified atom stereocenters. The summed E-state index contributed by atoms with van der Waals surface area (Å²) in [6.45, 7) is 5.39. The molecule has 0 aliphatic heterocycles. The third kappa shape index (κ3) is 2.11. The summed E-state index contributed by atoms with van der Waals surface area (Å²) in [5.74, 6) is -0.838. The van der Waals surface area contributed by atoms with Crippen LogP contribution in [0.2, 0.25) is 0 Å². The average Bonchev–Trinajstić information content (AvgIpc) is 2.55. The van der Waals surface area contributed by atoms with E-state index >= 15 is 0 Å². The first-order chi connectivity index (χ1) is 7.92. The SMILES string of the molecule is CC1=Cc2ccccc2[C@@H]1NC(C)(C)C(=O)O. The van der Waals surface area contributed by atoms with Crippen LogP contribution in [-0.4, -0.2) is 16.6 Å². The highest BCUT2D eigenvalue weighted by molar-refractivity contribution is 5.78. The van der Waals surface area contributed by atoms with Crippen molar-refractivity contribution in [3.8, 4) is 0 Å². The van der Waals surface area contributed by atoms with Gasteiger partial charge in [-0.05, 0) is 31.9 Å². The zero-order valence-electron chi connectivity index (χ0n) is 10.3. The standard InChI is InChI=1S/C14H17NO2/c1-9-8-10-6-4-5-7-11(10)12(9)15-14(2,3)13(16)17/h4-8,12,15H,1-3H3,(H,16,17)/t12-/m1/s1. The summed E-state index contributed by atoms with van der Waals surface area (Å²) < 4.78 is 0. The van der Waals surface area contributed by atoms with Crippen molar-refractivity contribution in [1.82, 2.24) is 5.32 Å². The number of benzene rings is 1. The van der Waals surface area contributed by atoms with Crippen molar-refractivity contribution in [2.75, 3.05) is 0 Å². The molecule has 1 atom stereocenters. The Morgan fingerprint density at radius 2 is 2.00 bits per heavy atom. The molecule has 0 spiro atoms. The molecule has 1 aliphatic rings. The summed E-state index contributed by atoms with van der Waals surface area (Å²) in [6.07, 6.45) is 2.10. The number of hydrogen-bond donors (Lipinski definition) is 2. The van der Waals surface area contributed by atoms with Crippen LogP contribution in [0.5, 0.6) is 0 Å². The van der Waals surface area contributed by atoms with Gasteiger partial charge < -0.3 is 5.11 Å². The molecule has 0 saturated heterocycles. The molecule has 0 amide bonds. The second kappa shape index (κ2) is 4.00. The molecule has 0 saturated carbocycles. The minimum Gasteiger partial charge on any atom is -0.480 e. The van der Waals surface area contributed by atoms with Gasteiger partial charge in [0.15, 0.2) is 0 Å². The topological polar surface area (TPSA) is 49.3 Å². The van der Waals surface area contributed by atoms with E-state index in [1.54, 1.807) is 13.8 Å². The third-order valence-corrected chi connectivity index (χ3v) is 3.19. The van der Waals surface area contributed by atoms with E-state index in [2.05, 4.69) is 11.4 Å². The van der Waals surface area contributed by atoms with Crippen LogP contribution in [0, 0.1) is 0 Å². The van der Waals surface area contributed by atoms with Gasteiger partial charge in [-0.25, -0.2) is 0 Å². The summed E-state index contributed by atoms with van der Waals surface area (Å²) in [5.41, 5.74) is 2.54. The summed E-state index contributed by atoms with van der Waals surface area (Å²) in [7, 11) is 0. The fourth-order valence-corrected chi connectivity index (χ4v) is 2.09. The largest absolute Gasteiger partial charge is 0.480 e. The molecule has 0 radical (unpaired) electrons. The van der Waals surface area contributed by atoms with Crippen LogP contribution in [-0.2, 0) is 4.79 Å². The van der Waals surface area contributed by atoms with Crippen LogP contribution in [0.15, 0.2) is 29.8 Å². The Bertz CT molecular complexity index is 489. The highest BCUT2D eigenvalue weighted by atomic mass is 16.4. The van der Waals surface area contributed by atoms with Crippen molar-refractivity contribution < 1.29 is 9.90 Å². The van der Waals surface area contributed by atoms with E-state index in [1.165, 1.54) is 5.56 Å². The van der Waals surface area contributed by atoms with Gasteiger partial charge in [0.25, 0.3) is 0 Å². The second-order valence-electron chi connectivity index (χ2n) is 5.02. The fourth-order valence-electron chi connectivity index (χ4n) is 2.09. The summed E-state index contributed by atoms with van der Waals surface area (Å²) in [4.78, 5) is 11.1. The van der Waals surface area contributed by atoms with Crippen LogP contribution in [0.25, 0.3) is 6.08 Å². The first-order valence-electron chi connectivity index (χ1n) is 5.70. The van der Waals surface area contributed by atoms with Gasteiger partial charge in [0, 0.05) is 0 Å². The molecule has 0 bridgehead atoms. The van der Waals surface area contributed by atoms with Gasteiger partial charge in [-0.15, -0.1) is 0 Å². The van der Waals surface area contributed by atoms with Crippen LogP contribution < -0.4 is 5.32 Å². The fraction of sp³-hybridized carbons (Fsp3) is 0.357. The molecule has 2 rings (SSSR count). The molecule has 0 fully saturated rings.